The first-order valence-corrected chi connectivity index (χ1v) is 8.63. The van der Waals surface area contributed by atoms with E-state index >= 15 is 0 Å². The lowest BCUT2D eigenvalue weighted by atomic mass is 10.2. The molecule has 126 valence electrons. The highest BCUT2D eigenvalue weighted by molar-refractivity contribution is 7.09. The standard InChI is InChI=1S/C18H21N3O2S/c1-2-12-19-18(23)21-15-10-8-14(9-11-15)20-17(22)7-3-5-16-6-4-13-24-16/h2,4,6,8-11,13H,1,3,5,7,12H2,(H,20,22)(H2,19,21,23). The number of anilines is 2. The van der Waals surface area contributed by atoms with E-state index in [4.69, 9.17) is 0 Å². The minimum atomic E-state index is -0.291. The summed E-state index contributed by atoms with van der Waals surface area (Å²) >= 11 is 1.71. The van der Waals surface area contributed by atoms with E-state index in [0.29, 0.717) is 24.3 Å². The van der Waals surface area contributed by atoms with Crippen molar-refractivity contribution in [3.05, 3.63) is 59.3 Å². The van der Waals surface area contributed by atoms with E-state index in [1.54, 1.807) is 41.7 Å². The zero-order chi connectivity index (χ0) is 17.2. The maximum Gasteiger partial charge on any atom is 0.319 e. The van der Waals surface area contributed by atoms with Gasteiger partial charge in [0.25, 0.3) is 0 Å². The molecule has 1 aromatic carbocycles. The molecule has 0 saturated carbocycles. The highest BCUT2D eigenvalue weighted by atomic mass is 32.1. The number of hydrogen-bond acceptors (Lipinski definition) is 3. The summed E-state index contributed by atoms with van der Waals surface area (Å²) in [7, 11) is 0. The van der Waals surface area contributed by atoms with Gasteiger partial charge in [-0.3, -0.25) is 4.79 Å². The molecule has 0 fully saturated rings. The van der Waals surface area contributed by atoms with Crippen LogP contribution in [0.25, 0.3) is 0 Å². The van der Waals surface area contributed by atoms with Gasteiger partial charge in [0, 0.05) is 29.2 Å². The van der Waals surface area contributed by atoms with Crippen LogP contribution in [0.2, 0.25) is 0 Å². The van der Waals surface area contributed by atoms with Gasteiger partial charge < -0.3 is 16.0 Å². The van der Waals surface area contributed by atoms with Gasteiger partial charge in [0.1, 0.15) is 0 Å². The van der Waals surface area contributed by atoms with Crippen molar-refractivity contribution >= 4 is 34.6 Å². The average molecular weight is 343 g/mol. The van der Waals surface area contributed by atoms with Crippen LogP contribution in [0.1, 0.15) is 17.7 Å². The minimum absolute atomic E-state index is 0.00371. The number of benzene rings is 1. The number of amides is 3. The van der Waals surface area contributed by atoms with Crippen molar-refractivity contribution in [1.82, 2.24) is 5.32 Å². The molecule has 0 aliphatic rings. The molecule has 1 heterocycles. The molecule has 0 radical (unpaired) electrons. The van der Waals surface area contributed by atoms with Crippen molar-refractivity contribution in [3.63, 3.8) is 0 Å². The number of carbonyl (C=O) groups is 2. The van der Waals surface area contributed by atoms with Gasteiger partial charge in [-0.15, -0.1) is 17.9 Å². The Morgan fingerprint density at radius 2 is 1.79 bits per heavy atom. The second-order valence-corrected chi connectivity index (χ2v) is 6.21. The molecule has 3 amide bonds. The summed E-state index contributed by atoms with van der Waals surface area (Å²) in [5.74, 6) is -0.00371. The first kappa shape index (κ1) is 17.7. The van der Waals surface area contributed by atoms with Gasteiger partial charge in [-0.25, -0.2) is 4.79 Å². The highest BCUT2D eigenvalue weighted by Gasteiger charge is 2.04. The molecule has 0 bridgehead atoms. The molecular weight excluding hydrogens is 322 g/mol. The molecule has 0 unspecified atom stereocenters. The fraction of sp³-hybridized carbons (Fsp3) is 0.222. The number of thiophene rings is 1. The Morgan fingerprint density at radius 3 is 2.42 bits per heavy atom. The number of nitrogens with one attached hydrogen (secondary N) is 3. The number of aryl methyl sites for hydroxylation is 1. The first-order chi connectivity index (χ1) is 11.7. The molecule has 0 aliphatic carbocycles. The lowest BCUT2D eigenvalue weighted by Crippen LogP contribution is -2.28. The summed E-state index contributed by atoms with van der Waals surface area (Å²) in [5.41, 5.74) is 1.38. The van der Waals surface area contributed by atoms with Crippen molar-refractivity contribution in [2.24, 2.45) is 0 Å². The van der Waals surface area contributed by atoms with Crippen molar-refractivity contribution in [1.29, 1.82) is 0 Å². The Balaban J connectivity index is 1.73. The summed E-state index contributed by atoms with van der Waals surface area (Å²) in [4.78, 5) is 24.7. The quantitative estimate of drug-likeness (QED) is 0.634. The van der Waals surface area contributed by atoms with Gasteiger partial charge in [0.05, 0.1) is 0 Å². The number of urea groups is 1. The van der Waals surface area contributed by atoms with Crippen molar-refractivity contribution in [2.45, 2.75) is 19.3 Å². The first-order valence-electron chi connectivity index (χ1n) is 7.75. The molecule has 24 heavy (non-hydrogen) atoms. The fourth-order valence-corrected chi connectivity index (χ4v) is 2.83. The zero-order valence-corrected chi connectivity index (χ0v) is 14.2. The van der Waals surface area contributed by atoms with Gasteiger partial charge in [0.15, 0.2) is 0 Å². The molecule has 2 rings (SSSR count). The lowest BCUT2D eigenvalue weighted by Gasteiger charge is -2.08. The van der Waals surface area contributed by atoms with Crippen LogP contribution in [-0.2, 0) is 11.2 Å². The average Bonchev–Trinajstić information content (AvgIpc) is 3.08. The minimum Gasteiger partial charge on any atom is -0.334 e. The van der Waals surface area contributed by atoms with Crippen LogP contribution in [0, 0.1) is 0 Å². The normalized spacial score (nSPS) is 10.0. The van der Waals surface area contributed by atoms with Gasteiger partial charge in [-0.05, 0) is 48.6 Å². The molecule has 3 N–H and O–H groups in total. The van der Waals surface area contributed by atoms with E-state index in [1.165, 1.54) is 4.88 Å². The smallest absolute Gasteiger partial charge is 0.319 e. The summed E-state index contributed by atoms with van der Waals surface area (Å²) in [5, 5.41) is 10.2. The van der Waals surface area contributed by atoms with Crippen molar-refractivity contribution < 1.29 is 9.59 Å². The van der Waals surface area contributed by atoms with Crippen LogP contribution < -0.4 is 16.0 Å². The third-order valence-electron chi connectivity index (χ3n) is 3.24. The van der Waals surface area contributed by atoms with Crippen molar-refractivity contribution in [3.8, 4) is 0 Å². The SMILES string of the molecule is C=CCNC(=O)Nc1ccc(NC(=O)CCCc2cccs2)cc1. The summed E-state index contributed by atoms with van der Waals surface area (Å²) in [6, 6.07) is 10.8. The molecule has 6 heteroatoms. The van der Waals surface area contributed by atoms with E-state index in [1.807, 2.05) is 11.4 Å². The van der Waals surface area contributed by atoms with E-state index in [2.05, 4.69) is 28.6 Å². The van der Waals surface area contributed by atoms with Crippen LogP contribution >= 0.6 is 11.3 Å². The van der Waals surface area contributed by atoms with Crippen LogP contribution in [-0.4, -0.2) is 18.5 Å². The lowest BCUT2D eigenvalue weighted by molar-refractivity contribution is -0.116. The molecule has 1 aromatic heterocycles. The summed E-state index contributed by atoms with van der Waals surface area (Å²) < 4.78 is 0. The second-order valence-electron chi connectivity index (χ2n) is 5.18. The van der Waals surface area contributed by atoms with E-state index < -0.39 is 0 Å². The van der Waals surface area contributed by atoms with Crippen LogP contribution in [0.3, 0.4) is 0 Å². The fourth-order valence-electron chi connectivity index (χ4n) is 2.08. The Morgan fingerprint density at radius 1 is 1.08 bits per heavy atom. The van der Waals surface area contributed by atoms with E-state index in [9.17, 15) is 9.59 Å². The predicted octanol–water partition coefficient (Wildman–Crippen LogP) is 4.02. The predicted molar refractivity (Wildman–Crippen MR) is 99.5 cm³/mol. The molecule has 2 aromatic rings. The Labute approximate surface area is 145 Å². The summed E-state index contributed by atoms with van der Waals surface area (Å²) in [6.45, 7) is 3.94. The van der Waals surface area contributed by atoms with Crippen molar-refractivity contribution in [2.75, 3.05) is 17.2 Å². The Kier molecular flexibility index (Phi) is 7.04. The van der Waals surface area contributed by atoms with Crippen LogP contribution in [0.5, 0.6) is 0 Å². The molecule has 0 atom stereocenters. The molecular formula is C18H21N3O2S. The maximum absolute atomic E-state index is 11.9. The third-order valence-corrected chi connectivity index (χ3v) is 4.18. The van der Waals surface area contributed by atoms with E-state index in [-0.39, 0.29) is 11.9 Å². The highest BCUT2D eigenvalue weighted by Crippen LogP contribution is 2.15. The zero-order valence-electron chi connectivity index (χ0n) is 13.4. The van der Waals surface area contributed by atoms with Crippen LogP contribution in [0.4, 0.5) is 16.2 Å². The Bertz CT molecular complexity index is 666. The number of carbonyl (C=O) groups excluding carboxylic acids is 2. The number of rotatable bonds is 8. The third kappa shape index (κ3) is 6.26. The molecule has 0 spiro atoms. The topological polar surface area (TPSA) is 70.2 Å². The number of hydrogen-bond donors (Lipinski definition) is 3. The maximum atomic E-state index is 11.9. The molecule has 0 saturated heterocycles. The Hall–Kier alpha value is -2.60. The molecule has 0 aliphatic heterocycles. The van der Waals surface area contributed by atoms with E-state index in [0.717, 1.165) is 12.8 Å². The van der Waals surface area contributed by atoms with Gasteiger partial charge in [-0.1, -0.05) is 12.1 Å². The summed E-state index contributed by atoms with van der Waals surface area (Å²) in [6.07, 6.45) is 3.85. The van der Waals surface area contributed by atoms with Crippen LogP contribution in [0.15, 0.2) is 54.4 Å². The monoisotopic (exact) mass is 343 g/mol. The van der Waals surface area contributed by atoms with Gasteiger partial charge in [0.2, 0.25) is 5.91 Å². The largest absolute Gasteiger partial charge is 0.334 e. The van der Waals surface area contributed by atoms with Gasteiger partial charge >= 0.3 is 6.03 Å². The molecule has 5 nitrogen and oxygen atoms in total. The second kappa shape index (κ2) is 9.52. The van der Waals surface area contributed by atoms with Gasteiger partial charge in [-0.2, -0.15) is 0 Å².